The molecule has 6 heteroatoms. The third-order valence-electron chi connectivity index (χ3n) is 5.36. The van der Waals surface area contributed by atoms with E-state index >= 15 is 0 Å². The Labute approximate surface area is 168 Å². The number of hydrogen-bond acceptors (Lipinski definition) is 4. The van der Waals surface area contributed by atoms with Gasteiger partial charge in [-0.2, -0.15) is 0 Å². The largest absolute Gasteiger partial charge is 0.481 e. The van der Waals surface area contributed by atoms with Gasteiger partial charge in [-0.25, -0.2) is 4.98 Å². The van der Waals surface area contributed by atoms with Crippen molar-refractivity contribution in [1.29, 1.82) is 0 Å². The fraction of sp³-hybridized carbons (Fsp3) is 0.261. The minimum atomic E-state index is -0.800. The molecule has 2 N–H and O–H groups in total. The molecule has 1 aliphatic rings. The highest BCUT2D eigenvalue weighted by Gasteiger charge is 2.31. The molecule has 0 aliphatic heterocycles. The monoisotopic (exact) mass is 390 g/mol. The number of oxazole rings is 1. The number of benzene rings is 2. The van der Waals surface area contributed by atoms with Crippen LogP contribution in [0.1, 0.15) is 35.2 Å². The van der Waals surface area contributed by atoms with Gasteiger partial charge in [-0.15, -0.1) is 0 Å². The van der Waals surface area contributed by atoms with E-state index in [9.17, 15) is 9.59 Å². The smallest absolute Gasteiger partial charge is 0.306 e. The van der Waals surface area contributed by atoms with E-state index in [4.69, 9.17) is 9.52 Å². The van der Waals surface area contributed by atoms with Gasteiger partial charge in [0.25, 0.3) is 5.91 Å². The van der Waals surface area contributed by atoms with Crippen molar-refractivity contribution in [3.05, 3.63) is 65.9 Å². The number of nitrogens with zero attached hydrogens (tertiary/aromatic N) is 1. The van der Waals surface area contributed by atoms with Crippen LogP contribution in [-0.4, -0.2) is 28.0 Å². The molecule has 0 unspecified atom stereocenters. The Kier molecular flexibility index (Phi) is 5.16. The fourth-order valence-electron chi connectivity index (χ4n) is 3.72. The average molecular weight is 390 g/mol. The van der Waals surface area contributed by atoms with E-state index in [1.807, 2.05) is 37.3 Å². The molecule has 1 saturated carbocycles. The Morgan fingerprint density at radius 2 is 1.86 bits per heavy atom. The first-order valence-electron chi connectivity index (χ1n) is 9.67. The summed E-state index contributed by atoms with van der Waals surface area (Å²) in [6, 6.07) is 15.0. The van der Waals surface area contributed by atoms with Crippen molar-refractivity contribution in [2.45, 2.75) is 32.2 Å². The first kappa shape index (κ1) is 18.9. The Balaban J connectivity index is 1.55. The number of carbonyl (C=O) groups is 2. The van der Waals surface area contributed by atoms with Crippen LogP contribution in [0.4, 0.5) is 0 Å². The molecular formula is C23H22N2O4. The summed E-state index contributed by atoms with van der Waals surface area (Å²) in [5.74, 6) is -0.423. The Morgan fingerprint density at radius 1 is 1.10 bits per heavy atom. The van der Waals surface area contributed by atoms with Crippen molar-refractivity contribution < 1.29 is 19.1 Å². The lowest BCUT2D eigenvalue weighted by Crippen LogP contribution is -2.33. The molecule has 6 nitrogen and oxygen atoms in total. The number of aromatic nitrogens is 1. The molecule has 0 radical (unpaired) electrons. The third-order valence-corrected chi connectivity index (χ3v) is 5.36. The number of amides is 1. The molecule has 1 aromatic heterocycles. The lowest BCUT2D eigenvalue weighted by Gasteiger charge is -2.14. The second-order valence-corrected chi connectivity index (χ2v) is 7.46. The first-order valence-corrected chi connectivity index (χ1v) is 9.67. The van der Waals surface area contributed by atoms with E-state index in [-0.39, 0.29) is 17.9 Å². The molecule has 3 aromatic rings. The van der Waals surface area contributed by atoms with E-state index in [2.05, 4.69) is 10.3 Å². The highest BCUT2D eigenvalue weighted by atomic mass is 16.4. The zero-order chi connectivity index (χ0) is 20.4. The van der Waals surface area contributed by atoms with Gasteiger partial charge in [-0.1, -0.05) is 42.0 Å². The van der Waals surface area contributed by atoms with Crippen molar-refractivity contribution in [1.82, 2.24) is 10.3 Å². The third kappa shape index (κ3) is 4.06. The van der Waals surface area contributed by atoms with Crippen molar-refractivity contribution in [2.75, 3.05) is 0 Å². The molecule has 29 heavy (non-hydrogen) atoms. The Hall–Kier alpha value is -3.41. The molecule has 0 spiro atoms. The zero-order valence-corrected chi connectivity index (χ0v) is 16.1. The summed E-state index contributed by atoms with van der Waals surface area (Å²) >= 11 is 0. The number of nitrogens with one attached hydrogen (secondary N) is 1. The maximum Gasteiger partial charge on any atom is 0.306 e. The molecule has 148 valence electrons. The zero-order valence-electron chi connectivity index (χ0n) is 16.1. The van der Waals surface area contributed by atoms with Gasteiger partial charge in [-0.05, 0) is 38.3 Å². The number of carbonyl (C=O) groups excluding carboxylic acids is 1. The topological polar surface area (TPSA) is 92.4 Å². The van der Waals surface area contributed by atoms with Gasteiger partial charge in [-0.3, -0.25) is 9.59 Å². The Bertz CT molecular complexity index is 1040. The highest BCUT2D eigenvalue weighted by molar-refractivity contribution is 6.00. The molecule has 0 bridgehead atoms. The summed E-state index contributed by atoms with van der Waals surface area (Å²) in [5.41, 5.74) is 3.15. The summed E-state index contributed by atoms with van der Waals surface area (Å²) in [6.07, 6.45) is 3.37. The number of carboxylic acid groups (broad SMARTS) is 1. The van der Waals surface area contributed by atoms with E-state index in [1.54, 1.807) is 24.4 Å². The SMILES string of the molecule is Cc1ccc(-c2cnc(-c3ccccc3C(=O)N[C@H]3CC[C@@H](C(=O)O)C3)o2)cc1. The predicted octanol–water partition coefficient (Wildman–Crippen LogP) is 4.30. The van der Waals surface area contributed by atoms with E-state index in [0.717, 1.165) is 11.1 Å². The lowest BCUT2D eigenvalue weighted by atomic mass is 10.1. The Morgan fingerprint density at radius 3 is 2.59 bits per heavy atom. The minimum Gasteiger partial charge on any atom is -0.481 e. The van der Waals surface area contributed by atoms with Gasteiger partial charge in [0.2, 0.25) is 5.89 Å². The average Bonchev–Trinajstić information content (AvgIpc) is 3.38. The van der Waals surface area contributed by atoms with E-state index < -0.39 is 5.97 Å². The van der Waals surface area contributed by atoms with Crippen LogP contribution in [0.15, 0.2) is 59.1 Å². The van der Waals surface area contributed by atoms with Crippen molar-refractivity contribution in [3.63, 3.8) is 0 Å². The van der Waals surface area contributed by atoms with Crippen LogP contribution in [0.25, 0.3) is 22.8 Å². The standard InChI is InChI=1S/C23H22N2O4/c1-14-6-8-15(9-7-14)20-13-24-22(29-20)19-5-3-2-4-18(19)21(26)25-17-11-10-16(12-17)23(27)28/h2-9,13,16-17H,10-12H2,1H3,(H,25,26)(H,27,28)/t16-,17+/m1/s1. The van der Waals surface area contributed by atoms with Crippen LogP contribution in [0, 0.1) is 12.8 Å². The lowest BCUT2D eigenvalue weighted by molar-refractivity contribution is -0.141. The summed E-state index contributed by atoms with van der Waals surface area (Å²) in [6.45, 7) is 2.02. The van der Waals surface area contributed by atoms with Gasteiger partial charge in [0.15, 0.2) is 5.76 Å². The highest BCUT2D eigenvalue weighted by Crippen LogP contribution is 2.30. The summed E-state index contributed by atoms with van der Waals surface area (Å²) in [5, 5.41) is 12.1. The predicted molar refractivity (Wildman–Crippen MR) is 108 cm³/mol. The first-order chi connectivity index (χ1) is 14.0. The second kappa shape index (κ2) is 7.91. The molecule has 2 atom stereocenters. The van der Waals surface area contributed by atoms with Crippen LogP contribution in [0.3, 0.4) is 0 Å². The fourth-order valence-corrected chi connectivity index (χ4v) is 3.72. The summed E-state index contributed by atoms with van der Waals surface area (Å²) in [7, 11) is 0. The van der Waals surface area contributed by atoms with Crippen molar-refractivity contribution in [3.8, 4) is 22.8 Å². The molecule has 0 saturated heterocycles. The van der Waals surface area contributed by atoms with Gasteiger partial charge < -0.3 is 14.8 Å². The quantitative estimate of drug-likeness (QED) is 0.678. The number of carboxylic acids is 1. The van der Waals surface area contributed by atoms with Crippen molar-refractivity contribution >= 4 is 11.9 Å². The molecule has 4 rings (SSSR count). The van der Waals surface area contributed by atoms with E-state index in [1.165, 1.54) is 0 Å². The van der Waals surface area contributed by atoms with Crippen LogP contribution in [0.2, 0.25) is 0 Å². The van der Waals surface area contributed by atoms with Gasteiger partial charge in [0, 0.05) is 17.2 Å². The molecule has 1 aliphatic carbocycles. The molecule has 1 fully saturated rings. The number of aryl methyl sites for hydroxylation is 1. The molecule has 1 heterocycles. The van der Waals surface area contributed by atoms with Crippen molar-refractivity contribution in [2.24, 2.45) is 5.92 Å². The second-order valence-electron chi connectivity index (χ2n) is 7.46. The summed E-state index contributed by atoms with van der Waals surface area (Å²) < 4.78 is 5.94. The normalized spacial score (nSPS) is 18.5. The maximum absolute atomic E-state index is 12.9. The van der Waals surface area contributed by atoms with Gasteiger partial charge in [0.1, 0.15) is 0 Å². The number of hydrogen-bond donors (Lipinski definition) is 2. The molecular weight excluding hydrogens is 368 g/mol. The summed E-state index contributed by atoms with van der Waals surface area (Å²) in [4.78, 5) is 28.4. The van der Waals surface area contributed by atoms with Crippen LogP contribution in [0.5, 0.6) is 0 Å². The van der Waals surface area contributed by atoms with Crippen LogP contribution >= 0.6 is 0 Å². The minimum absolute atomic E-state index is 0.135. The molecule has 2 aromatic carbocycles. The van der Waals surface area contributed by atoms with Crippen LogP contribution < -0.4 is 5.32 Å². The number of rotatable bonds is 5. The molecule has 1 amide bonds. The van der Waals surface area contributed by atoms with E-state index in [0.29, 0.717) is 42.0 Å². The maximum atomic E-state index is 12.9. The van der Waals surface area contributed by atoms with Gasteiger partial charge in [0.05, 0.1) is 17.7 Å². The number of aliphatic carboxylic acids is 1. The van der Waals surface area contributed by atoms with Crippen LogP contribution in [-0.2, 0) is 4.79 Å². The van der Waals surface area contributed by atoms with Gasteiger partial charge >= 0.3 is 5.97 Å².